The SMILES string of the molecule is N#Cc1cccc(NCCCNc2ccccc2)n1. The summed E-state index contributed by atoms with van der Waals surface area (Å²) in [6.45, 7) is 1.72. The van der Waals surface area contributed by atoms with Crippen LogP contribution >= 0.6 is 0 Å². The molecule has 0 bridgehead atoms. The molecule has 96 valence electrons. The Morgan fingerprint density at radius 3 is 2.53 bits per heavy atom. The van der Waals surface area contributed by atoms with E-state index in [0.29, 0.717) is 5.69 Å². The van der Waals surface area contributed by atoms with Crippen LogP contribution in [0.4, 0.5) is 11.5 Å². The molecular weight excluding hydrogens is 236 g/mol. The van der Waals surface area contributed by atoms with Crippen LogP contribution in [0.25, 0.3) is 0 Å². The molecule has 4 heteroatoms. The van der Waals surface area contributed by atoms with E-state index in [1.54, 1.807) is 6.07 Å². The molecule has 2 N–H and O–H groups in total. The third-order valence-electron chi connectivity index (χ3n) is 2.63. The summed E-state index contributed by atoms with van der Waals surface area (Å²) in [5, 5.41) is 15.3. The molecule has 2 aromatic rings. The molecule has 0 saturated carbocycles. The summed E-state index contributed by atoms with van der Waals surface area (Å²) in [7, 11) is 0. The Morgan fingerprint density at radius 1 is 0.947 bits per heavy atom. The molecule has 4 nitrogen and oxygen atoms in total. The van der Waals surface area contributed by atoms with Gasteiger partial charge in [-0.2, -0.15) is 5.26 Å². The summed E-state index contributed by atoms with van der Waals surface area (Å²) >= 11 is 0. The first-order valence-electron chi connectivity index (χ1n) is 6.28. The number of nitrogens with zero attached hydrogens (tertiary/aromatic N) is 2. The van der Waals surface area contributed by atoms with Crippen LogP contribution in [0.1, 0.15) is 12.1 Å². The fourth-order valence-corrected chi connectivity index (χ4v) is 1.69. The van der Waals surface area contributed by atoms with Gasteiger partial charge >= 0.3 is 0 Å². The average molecular weight is 252 g/mol. The minimum atomic E-state index is 0.437. The van der Waals surface area contributed by atoms with Gasteiger partial charge in [0.05, 0.1) is 0 Å². The lowest BCUT2D eigenvalue weighted by atomic mass is 10.3. The monoisotopic (exact) mass is 252 g/mol. The second kappa shape index (κ2) is 7.02. The van der Waals surface area contributed by atoms with Gasteiger partial charge in [-0.25, -0.2) is 4.98 Å². The van der Waals surface area contributed by atoms with E-state index < -0.39 is 0 Å². The molecule has 0 unspecified atom stereocenters. The van der Waals surface area contributed by atoms with Gasteiger partial charge in [0.15, 0.2) is 0 Å². The molecule has 2 rings (SSSR count). The first-order chi connectivity index (χ1) is 9.38. The van der Waals surface area contributed by atoms with Gasteiger partial charge in [0.1, 0.15) is 17.6 Å². The predicted octanol–water partition coefficient (Wildman–Crippen LogP) is 2.87. The maximum atomic E-state index is 8.75. The Labute approximate surface area is 113 Å². The topological polar surface area (TPSA) is 60.7 Å². The minimum Gasteiger partial charge on any atom is -0.385 e. The quantitative estimate of drug-likeness (QED) is 0.776. The molecule has 1 heterocycles. The van der Waals surface area contributed by atoms with E-state index >= 15 is 0 Å². The van der Waals surface area contributed by atoms with E-state index in [4.69, 9.17) is 5.26 Å². The number of hydrogen-bond donors (Lipinski definition) is 2. The number of rotatable bonds is 6. The fraction of sp³-hybridized carbons (Fsp3) is 0.200. The smallest absolute Gasteiger partial charge is 0.142 e. The minimum absolute atomic E-state index is 0.437. The van der Waals surface area contributed by atoms with Crippen molar-refractivity contribution in [2.45, 2.75) is 6.42 Å². The molecule has 0 atom stereocenters. The molecular formula is C15H16N4. The van der Waals surface area contributed by atoms with E-state index in [0.717, 1.165) is 31.0 Å². The number of aromatic nitrogens is 1. The van der Waals surface area contributed by atoms with E-state index in [-0.39, 0.29) is 0 Å². The Kier molecular flexibility index (Phi) is 4.77. The summed E-state index contributed by atoms with van der Waals surface area (Å²) < 4.78 is 0. The Hall–Kier alpha value is -2.54. The molecule has 0 saturated heterocycles. The second-order valence-corrected chi connectivity index (χ2v) is 4.09. The maximum Gasteiger partial charge on any atom is 0.142 e. The van der Waals surface area contributed by atoms with Gasteiger partial charge in [-0.05, 0) is 30.7 Å². The van der Waals surface area contributed by atoms with Gasteiger partial charge in [0.25, 0.3) is 0 Å². The Bertz CT molecular complexity index is 546. The van der Waals surface area contributed by atoms with Crippen LogP contribution < -0.4 is 10.6 Å². The number of hydrogen-bond acceptors (Lipinski definition) is 4. The van der Waals surface area contributed by atoms with Gasteiger partial charge in [-0.1, -0.05) is 24.3 Å². The van der Waals surface area contributed by atoms with Gasteiger partial charge in [0, 0.05) is 18.8 Å². The number of benzene rings is 1. The highest BCUT2D eigenvalue weighted by Gasteiger charge is 1.95. The molecule has 0 aliphatic rings. The van der Waals surface area contributed by atoms with E-state index in [1.807, 2.05) is 48.5 Å². The normalized spacial score (nSPS) is 9.63. The summed E-state index contributed by atoms with van der Waals surface area (Å²) in [4.78, 5) is 4.15. The van der Waals surface area contributed by atoms with Gasteiger partial charge in [0.2, 0.25) is 0 Å². The zero-order valence-corrected chi connectivity index (χ0v) is 10.6. The van der Waals surface area contributed by atoms with Crippen LogP contribution in [0.2, 0.25) is 0 Å². The van der Waals surface area contributed by atoms with E-state index in [9.17, 15) is 0 Å². The van der Waals surface area contributed by atoms with Crippen molar-refractivity contribution in [3.8, 4) is 6.07 Å². The molecule has 0 aliphatic carbocycles. The molecule has 0 spiro atoms. The molecule has 1 aromatic heterocycles. The fourth-order valence-electron chi connectivity index (χ4n) is 1.69. The number of nitrogens with one attached hydrogen (secondary N) is 2. The third-order valence-corrected chi connectivity index (χ3v) is 2.63. The van der Waals surface area contributed by atoms with Crippen molar-refractivity contribution in [2.75, 3.05) is 23.7 Å². The first-order valence-corrected chi connectivity index (χ1v) is 6.28. The lowest BCUT2D eigenvalue weighted by Gasteiger charge is -2.07. The predicted molar refractivity (Wildman–Crippen MR) is 77.0 cm³/mol. The van der Waals surface area contributed by atoms with Crippen LogP contribution in [0, 0.1) is 11.3 Å². The summed E-state index contributed by atoms with van der Waals surface area (Å²) in [6.07, 6.45) is 0.980. The van der Waals surface area contributed by atoms with Crippen LogP contribution in [-0.4, -0.2) is 18.1 Å². The summed E-state index contributed by atoms with van der Waals surface area (Å²) in [5.41, 5.74) is 1.57. The maximum absolute atomic E-state index is 8.75. The average Bonchev–Trinajstić information content (AvgIpc) is 2.48. The lowest BCUT2D eigenvalue weighted by Crippen LogP contribution is -2.10. The lowest BCUT2D eigenvalue weighted by molar-refractivity contribution is 0.903. The number of nitriles is 1. The second-order valence-electron chi connectivity index (χ2n) is 4.09. The highest BCUT2D eigenvalue weighted by Crippen LogP contribution is 2.06. The van der Waals surface area contributed by atoms with Gasteiger partial charge in [-0.15, -0.1) is 0 Å². The van der Waals surface area contributed by atoms with Crippen molar-refractivity contribution < 1.29 is 0 Å². The molecule has 0 fully saturated rings. The van der Waals surface area contributed by atoms with Gasteiger partial charge in [-0.3, -0.25) is 0 Å². The zero-order chi connectivity index (χ0) is 13.3. The first kappa shape index (κ1) is 12.9. The van der Waals surface area contributed by atoms with Crippen molar-refractivity contribution in [3.63, 3.8) is 0 Å². The van der Waals surface area contributed by atoms with Crippen molar-refractivity contribution in [3.05, 3.63) is 54.2 Å². The van der Waals surface area contributed by atoms with Crippen molar-refractivity contribution in [2.24, 2.45) is 0 Å². The van der Waals surface area contributed by atoms with Gasteiger partial charge < -0.3 is 10.6 Å². The molecule has 0 amide bonds. The van der Waals surface area contributed by atoms with Crippen LogP contribution in [-0.2, 0) is 0 Å². The number of para-hydroxylation sites is 1. The number of pyridine rings is 1. The zero-order valence-electron chi connectivity index (χ0n) is 10.6. The molecule has 19 heavy (non-hydrogen) atoms. The van der Waals surface area contributed by atoms with Crippen molar-refractivity contribution in [1.82, 2.24) is 4.98 Å². The van der Waals surface area contributed by atoms with Crippen LogP contribution in [0.5, 0.6) is 0 Å². The largest absolute Gasteiger partial charge is 0.385 e. The number of anilines is 2. The van der Waals surface area contributed by atoms with Crippen LogP contribution in [0.3, 0.4) is 0 Å². The van der Waals surface area contributed by atoms with Crippen LogP contribution in [0.15, 0.2) is 48.5 Å². The summed E-state index contributed by atoms with van der Waals surface area (Å²) in [6, 6.07) is 17.5. The van der Waals surface area contributed by atoms with E-state index in [2.05, 4.69) is 15.6 Å². The molecule has 0 radical (unpaired) electrons. The van der Waals surface area contributed by atoms with Crippen molar-refractivity contribution >= 4 is 11.5 Å². The molecule has 0 aliphatic heterocycles. The molecule has 1 aromatic carbocycles. The highest BCUT2D eigenvalue weighted by molar-refractivity contribution is 5.42. The van der Waals surface area contributed by atoms with Crippen molar-refractivity contribution in [1.29, 1.82) is 5.26 Å². The summed E-state index contributed by atoms with van der Waals surface area (Å²) in [5.74, 6) is 0.749. The van der Waals surface area contributed by atoms with E-state index in [1.165, 1.54) is 0 Å². The Morgan fingerprint density at radius 2 is 1.74 bits per heavy atom. The highest BCUT2D eigenvalue weighted by atomic mass is 15.0. The Balaban J connectivity index is 1.68. The third kappa shape index (κ3) is 4.32. The standard InChI is InChI=1S/C15H16N4/c16-12-14-8-4-9-15(19-14)18-11-5-10-17-13-6-2-1-3-7-13/h1-4,6-9,17H,5,10-11H2,(H,18,19).